The number of ether oxygens (including phenoxy) is 1. The lowest BCUT2D eigenvalue weighted by Gasteiger charge is -2.19. The third-order valence-corrected chi connectivity index (χ3v) is 3.58. The standard InChI is InChI=1S/C17H22N2O/c1-12-6-8-13(9-7-12)10-14(11-20-2)15-4-3-5-16(18)17(15)19/h3-9,14H,10-11,18-19H2,1-2H3. The largest absolute Gasteiger partial charge is 0.397 e. The predicted molar refractivity (Wildman–Crippen MR) is 84.8 cm³/mol. The molecular weight excluding hydrogens is 248 g/mol. The van der Waals surface area contributed by atoms with Crippen molar-refractivity contribution in [1.29, 1.82) is 0 Å². The highest BCUT2D eigenvalue weighted by Gasteiger charge is 2.16. The summed E-state index contributed by atoms with van der Waals surface area (Å²) in [6, 6.07) is 14.4. The molecule has 0 aliphatic carbocycles. The van der Waals surface area contributed by atoms with E-state index < -0.39 is 0 Å². The van der Waals surface area contributed by atoms with E-state index in [0.717, 1.165) is 12.0 Å². The second-order valence-corrected chi connectivity index (χ2v) is 5.19. The van der Waals surface area contributed by atoms with Gasteiger partial charge in [0.2, 0.25) is 0 Å². The van der Waals surface area contributed by atoms with Gasteiger partial charge in [0.25, 0.3) is 0 Å². The molecule has 1 atom stereocenters. The molecule has 0 bridgehead atoms. The summed E-state index contributed by atoms with van der Waals surface area (Å²) in [7, 11) is 1.71. The van der Waals surface area contributed by atoms with Gasteiger partial charge in [0.1, 0.15) is 0 Å². The molecule has 0 aliphatic heterocycles. The molecule has 0 aromatic heterocycles. The Morgan fingerprint density at radius 2 is 1.75 bits per heavy atom. The molecule has 106 valence electrons. The Labute approximate surface area is 120 Å². The van der Waals surface area contributed by atoms with Gasteiger partial charge in [0, 0.05) is 13.0 Å². The second-order valence-electron chi connectivity index (χ2n) is 5.19. The van der Waals surface area contributed by atoms with E-state index in [-0.39, 0.29) is 5.92 Å². The van der Waals surface area contributed by atoms with Crippen molar-refractivity contribution in [2.75, 3.05) is 25.2 Å². The molecule has 0 amide bonds. The van der Waals surface area contributed by atoms with Gasteiger partial charge in [-0.15, -0.1) is 0 Å². The summed E-state index contributed by atoms with van der Waals surface area (Å²) in [5.74, 6) is 0.214. The Hall–Kier alpha value is -2.00. The average molecular weight is 270 g/mol. The number of nitrogens with two attached hydrogens (primary N) is 2. The topological polar surface area (TPSA) is 61.3 Å². The molecule has 0 spiro atoms. The molecule has 4 N–H and O–H groups in total. The third-order valence-electron chi connectivity index (χ3n) is 3.58. The smallest absolute Gasteiger partial charge is 0.0584 e. The van der Waals surface area contributed by atoms with E-state index in [0.29, 0.717) is 18.0 Å². The van der Waals surface area contributed by atoms with E-state index in [2.05, 4.69) is 31.2 Å². The van der Waals surface area contributed by atoms with E-state index in [9.17, 15) is 0 Å². The van der Waals surface area contributed by atoms with Crippen molar-refractivity contribution in [1.82, 2.24) is 0 Å². The van der Waals surface area contributed by atoms with E-state index in [1.165, 1.54) is 11.1 Å². The van der Waals surface area contributed by atoms with Crippen LogP contribution in [0.3, 0.4) is 0 Å². The molecule has 3 nitrogen and oxygen atoms in total. The average Bonchev–Trinajstić information content (AvgIpc) is 2.44. The van der Waals surface area contributed by atoms with Crippen LogP contribution >= 0.6 is 0 Å². The summed E-state index contributed by atoms with van der Waals surface area (Å²) >= 11 is 0. The molecular formula is C17H22N2O. The summed E-state index contributed by atoms with van der Waals surface area (Å²) in [5, 5.41) is 0. The second kappa shape index (κ2) is 6.44. The van der Waals surface area contributed by atoms with Crippen LogP contribution < -0.4 is 11.5 Å². The molecule has 1 unspecified atom stereocenters. The number of para-hydroxylation sites is 1. The van der Waals surface area contributed by atoms with Gasteiger partial charge in [-0.1, -0.05) is 42.0 Å². The highest BCUT2D eigenvalue weighted by atomic mass is 16.5. The summed E-state index contributed by atoms with van der Waals surface area (Å²) in [5.41, 5.74) is 16.9. The van der Waals surface area contributed by atoms with Crippen molar-refractivity contribution in [2.45, 2.75) is 19.3 Å². The molecule has 0 heterocycles. The first-order valence-electron chi connectivity index (χ1n) is 6.80. The lowest BCUT2D eigenvalue weighted by Crippen LogP contribution is -2.13. The molecule has 0 saturated heterocycles. The van der Waals surface area contributed by atoms with Crippen LogP contribution in [0.25, 0.3) is 0 Å². The Bertz CT molecular complexity index is 564. The van der Waals surface area contributed by atoms with Crippen molar-refractivity contribution in [3.05, 3.63) is 59.2 Å². The van der Waals surface area contributed by atoms with Gasteiger partial charge < -0.3 is 16.2 Å². The minimum atomic E-state index is 0.214. The molecule has 0 radical (unpaired) electrons. The fraction of sp³-hybridized carbons (Fsp3) is 0.294. The zero-order valence-electron chi connectivity index (χ0n) is 12.1. The fourth-order valence-electron chi connectivity index (χ4n) is 2.43. The first-order valence-corrected chi connectivity index (χ1v) is 6.80. The number of nitrogen functional groups attached to an aromatic ring is 2. The van der Waals surface area contributed by atoms with Crippen LogP contribution in [0.4, 0.5) is 11.4 Å². The normalized spacial score (nSPS) is 12.3. The van der Waals surface area contributed by atoms with Gasteiger partial charge in [0.15, 0.2) is 0 Å². The van der Waals surface area contributed by atoms with Crippen LogP contribution in [-0.4, -0.2) is 13.7 Å². The Morgan fingerprint density at radius 3 is 2.40 bits per heavy atom. The fourth-order valence-corrected chi connectivity index (χ4v) is 2.43. The number of rotatable bonds is 5. The van der Waals surface area contributed by atoms with Crippen LogP contribution in [0.5, 0.6) is 0 Å². The quantitative estimate of drug-likeness (QED) is 0.821. The first-order chi connectivity index (χ1) is 9.61. The Kier molecular flexibility index (Phi) is 4.64. The predicted octanol–water partition coefficient (Wildman–Crippen LogP) is 3.13. The van der Waals surface area contributed by atoms with Gasteiger partial charge >= 0.3 is 0 Å². The summed E-state index contributed by atoms with van der Waals surface area (Å²) in [4.78, 5) is 0. The van der Waals surface area contributed by atoms with Gasteiger partial charge in [-0.25, -0.2) is 0 Å². The maximum atomic E-state index is 6.11. The zero-order valence-corrected chi connectivity index (χ0v) is 12.1. The summed E-state index contributed by atoms with van der Waals surface area (Å²) < 4.78 is 5.35. The molecule has 20 heavy (non-hydrogen) atoms. The maximum Gasteiger partial charge on any atom is 0.0584 e. The van der Waals surface area contributed by atoms with Gasteiger partial charge in [-0.05, 0) is 30.5 Å². The molecule has 0 saturated carbocycles. The number of aryl methyl sites for hydroxylation is 1. The van der Waals surface area contributed by atoms with Crippen molar-refractivity contribution < 1.29 is 4.74 Å². The highest BCUT2D eigenvalue weighted by Crippen LogP contribution is 2.30. The zero-order chi connectivity index (χ0) is 14.5. The number of hydrogen-bond acceptors (Lipinski definition) is 3. The number of methoxy groups -OCH3 is 1. The Morgan fingerprint density at radius 1 is 1.05 bits per heavy atom. The molecule has 0 aliphatic rings. The maximum absolute atomic E-state index is 6.11. The van der Waals surface area contributed by atoms with Gasteiger partial charge in [-0.3, -0.25) is 0 Å². The molecule has 2 aromatic carbocycles. The lowest BCUT2D eigenvalue weighted by molar-refractivity contribution is 0.179. The molecule has 0 fully saturated rings. The first kappa shape index (κ1) is 14.4. The summed E-state index contributed by atoms with van der Waals surface area (Å²) in [6.07, 6.45) is 0.891. The van der Waals surface area contributed by atoms with Crippen LogP contribution in [-0.2, 0) is 11.2 Å². The van der Waals surface area contributed by atoms with Crippen LogP contribution in [0, 0.1) is 6.92 Å². The summed E-state index contributed by atoms with van der Waals surface area (Å²) in [6.45, 7) is 2.72. The van der Waals surface area contributed by atoms with Crippen molar-refractivity contribution in [3.8, 4) is 0 Å². The molecule has 2 aromatic rings. The van der Waals surface area contributed by atoms with E-state index >= 15 is 0 Å². The van der Waals surface area contributed by atoms with Crippen molar-refractivity contribution >= 4 is 11.4 Å². The molecule has 3 heteroatoms. The van der Waals surface area contributed by atoms with Crippen LogP contribution in [0.15, 0.2) is 42.5 Å². The minimum Gasteiger partial charge on any atom is -0.397 e. The monoisotopic (exact) mass is 270 g/mol. The van der Waals surface area contributed by atoms with Crippen molar-refractivity contribution in [2.24, 2.45) is 0 Å². The number of hydrogen-bond donors (Lipinski definition) is 2. The number of anilines is 2. The van der Waals surface area contributed by atoms with Crippen LogP contribution in [0.1, 0.15) is 22.6 Å². The Balaban J connectivity index is 2.26. The van der Waals surface area contributed by atoms with E-state index in [1.54, 1.807) is 7.11 Å². The number of benzene rings is 2. The lowest BCUT2D eigenvalue weighted by atomic mass is 9.91. The van der Waals surface area contributed by atoms with Gasteiger partial charge in [0.05, 0.1) is 18.0 Å². The minimum absolute atomic E-state index is 0.214. The van der Waals surface area contributed by atoms with Gasteiger partial charge in [-0.2, -0.15) is 0 Å². The van der Waals surface area contributed by atoms with Crippen LogP contribution in [0.2, 0.25) is 0 Å². The highest BCUT2D eigenvalue weighted by molar-refractivity contribution is 5.68. The van der Waals surface area contributed by atoms with E-state index in [1.807, 2.05) is 18.2 Å². The van der Waals surface area contributed by atoms with Crippen molar-refractivity contribution in [3.63, 3.8) is 0 Å². The van der Waals surface area contributed by atoms with E-state index in [4.69, 9.17) is 16.2 Å². The third kappa shape index (κ3) is 3.31. The SMILES string of the molecule is COCC(Cc1ccc(C)cc1)c1cccc(N)c1N. The molecule has 2 rings (SSSR count).